The molecule has 0 radical (unpaired) electrons. The lowest BCUT2D eigenvalue weighted by atomic mass is 10.2. The highest BCUT2D eigenvalue weighted by Crippen LogP contribution is 2.34. The zero-order valence-electron chi connectivity index (χ0n) is 15.6. The number of rotatable bonds is 5. The standard InChI is InChI=1S/C19H17F3N2O4S2/c1-11(7-17(25)23-13-4-2-3-12(8-13)19(20,21)22)30(27,28)14-5-6-16-15(9-14)24-18(26)10-29-16/h2-6,8-9,11H,7,10H2,1H3,(H,23,25)(H,24,26)/t11-/m0/s1. The van der Waals surface area contributed by atoms with Crippen LogP contribution in [0.25, 0.3) is 0 Å². The van der Waals surface area contributed by atoms with Crippen LogP contribution in [0.2, 0.25) is 0 Å². The number of carbonyl (C=O) groups excluding carboxylic acids is 2. The molecule has 0 aliphatic carbocycles. The number of amides is 2. The van der Waals surface area contributed by atoms with Gasteiger partial charge >= 0.3 is 6.18 Å². The Labute approximate surface area is 175 Å². The van der Waals surface area contributed by atoms with E-state index in [2.05, 4.69) is 10.6 Å². The van der Waals surface area contributed by atoms with E-state index in [0.717, 1.165) is 23.1 Å². The molecule has 2 aromatic carbocycles. The molecular formula is C19H17F3N2O4S2. The Morgan fingerprint density at radius 1 is 1.23 bits per heavy atom. The van der Waals surface area contributed by atoms with Gasteiger partial charge in [0, 0.05) is 17.0 Å². The van der Waals surface area contributed by atoms with E-state index in [1.807, 2.05) is 0 Å². The van der Waals surface area contributed by atoms with Crippen molar-refractivity contribution >= 4 is 44.8 Å². The summed E-state index contributed by atoms with van der Waals surface area (Å²) in [6.07, 6.45) is -5.01. The van der Waals surface area contributed by atoms with Crippen LogP contribution in [0.1, 0.15) is 18.9 Å². The Kier molecular flexibility index (Phi) is 6.14. The Bertz CT molecular complexity index is 1100. The number of nitrogens with one attached hydrogen (secondary N) is 2. The van der Waals surface area contributed by atoms with Crippen molar-refractivity contribution in [1.29, 1.82) is 0 Å². The highest BCUT2D eigenvalue weighted by atomic mass is 32.2. The summed E-state index contributed by atoms with van der Waals surface area (Å²) in [5.41, 5.74) is -0.610. The molecule has 30 heavy (non-hydrogen) atoms. The molecule has 1 aliphatic heterocycles. The highest BCUT2D eigenvalue weighted by Gasteiger charge is 2.31. The van der Waals surface area contributed by atoms with Crippen molar-refractivity contribution < 1.29 is 31.2 Å². The number of carbonyl (C=O) groups is 2. The topological polar surface area (TPSA) is 92.3 Å². The summed E-state index contributed by atoms with van der Waals surface area (Å²) in [6.45, 7) is 1.34. The summed E-state index contributed by atoms with van der Waals surface area (Å²) in [6, 6.07) is 8.42. The minimum absolute atomic E-state index is 0.0524. The van der Waals surface area contributed by atoms with Gasteiger partial charge in [-0.1, -0.05) is 6.07 Å². The van der Waals surface area contributed by atoms with Crippen molar-refractivity contribution in [3.05, 3.63) is 48.0 Å². The molecule has 6 nitrogen and oxygen atoms in total. The predicted molar refractivity (Wildman–Crippen MR) is 107 cm³/mol. The minimum Gasteiger partial charge on any atom is -0.326 e. The number of alkyl halides is 3. The van der Waals surface area contributed by atoms with Gasteiger partial charge in [0.1, 0.15) is 0 Å². The van der Waals surface area contributed by atoms with E-state index in [-0.39, 0.29) is 22.2 Å². The van der Waals surface area contributed by atoms with Gasteiger partial charge in [-0.15, -0.1) is 11.8 Å². The minimum atomic E-state index is -4.56. The van der Waals surface area contributed by atoms with Crippen LogP contribution in [0, 0.1) is 0 Å². The van der Waals surface area contributed by atoms with Crippen LogP contribution in [-0.4, -0.2) is 31.2 Å². The maximum atomic E-state index is 12.8. The lowest BCUT2D eigenvalue weighted by Gasteiger charge is -2.18. The van der Waals surface area contributed by atoms with Crippen LogP contribution >= 0.6 is 11.8 Å². The summed E-state index contributed by atoms with van der Waals surface area (Å²) < 4.78 is 64.0. The number of hydrogen-bond donors (Lipinski definition) is 2. The van der Waals surface area contributed by atoms with Crippen molar-refractivity contribution in [1.82, 2.24) is 0 Å². The first-order valence-corrected chi connectivity index (χ1v) is 11.3. The molecule has 1 aliphatic rings. The molecule has 11 heteroatoms. The fraction of sp³-hybridized carbons (Fsp3) is 0.263. The molecule has 0 spiro atoms. The van der Waals surface area contributed by atoms with Crippen molar-refractivity contribution in [2.24, 2.45) is 0 Å². The third kappa shape index (κ3) is 4.96. The average molecular weight is 458 g/mol. The number of halogens is 3. The van der Waals surface area contributed by atoms with Crippen LogP contribution < -0.4 is 10.6 Å². The number of fused-ring (bicyclic) bond motifs is 1. The maximum absolute atomic E-state index is 12.8. The van der Waals surface area contributed by atoms with Crippen LogP contribution in [0.4, 0.5) is 24.5 Å². The Morgan fingerprint density at radius 2 is 1.97 bits per heavy atom. The van der Waals surface area contributed by atoms with Crippen molar-refractivity contribution in [3.63, 3.8) is 0 Å². The SMILES string of the molecule is C[C@@H](CC(=O)Nc1cccc(C(F)(F)F)c1)S(=O)(=O)c1ccc2c(c1)NC(=O)CS2. The van der Waals surface area contributed by atoms with Crippen molar-refractivity contribution in [3.8, 4) is 0 Å². The smallest absolute Gasteiger partial charge is 0.326 e. The van der Waals surface area contributed by atoms with E-state index >= 15 is 0 Å². The number of anilines is 2. The zero-order chi connectivity index (χ0) is 22.1. The van der Waals surface area contributed by atoms with Gasteiger partial charge in [0.2, 0.25) is 11.8 Å². The molecule has 3 rings (SSSR count). The van der Waals surface area contributed by atoms with E-state index in [1.54, 1.807) is 6.07 Å². The van der Waals surface area contributed by atoms with E-state index in [1.165, 1.54) is 36.9 Å². The molecule has 2 aromatic rings. The zero-order valence-corrected chi connectivity index (χ0v) is 17.2. The average Bonchev–Trinajstić information content (AvgIpc) is 2.66. The number of hydrogen-bond acceptors (Lipinski definition) is 5. The first-order chi connectivity index (χ1) is 14.0. The van der Waals surface area contributed by atoms with Gasteiger partial charge < -0.3 is 10.6 Å². The number of sulfone groups is 1. The molecule has 0 saturated carbocycles. The number of thioether (sulfide) groups is 1. The quantitative estimate of drug-likeness (QED) is 0.708. The normalized spacial score (nSPS) is 15.1. The van der Waals surface area contributed by atoms with Crippen LogP contribution in [0.5, 0.6) is 0 Å². The molecule has 0 fully saturated rings. The summed E-state index contributed by atoms with van der Waals surface area (Å²) in [7, 11) is -3.91. The molecule has 0 unspecified atom stereocenters. The van der Waals surface area contributed by atoms with Gasteiger partial charge in [0.15, 0.2) is 9.84 Å². The molecule has 0 bridgehead atoms. The van der Waals surface area contributed by atoms with E-state index < -0.39 is 39.2 Å². The lowest BCUT2D eigenvalue weighted by molar-refractivity contribution is -0.137. The second-order valence-electron chi connectivity index (χ2n) is 6.68. The summed E-state index contributed by atoms with van der Waals surface area (Å²) >= 11 is 1.29. The summed E-state index contributed by atoms with van der Waals surface area (Å²) in [5, 5.41) is 3.78. The van der Waals surface area contributed by atoms with Crippen molar-refractivity contribution in [2.75, 3.05) is 16.4 Å². The largest absolute Gasteiger partial charge is 0.416 e. The van der Waals surface area contributed by atoms with Crippen LogP contribution in [-0.2, 0) is 25.6 Å². The molecule has 2 amide bonds. The fourth-order valence-electron chi connectivity index (χ4n) is 2.83. The third-order valence-corrected chi connectivity index (χ3v) is 7.60. The monoisotopic (exact) mass is 458 g/mol. The van der Waals surface area contributed by atoms with Gasteiger partial charge in [-0.2, -0.15) is 13.2 Å². The molecule has 1 atom stereocenters. The second kappa shape index (κ2) is 8.31. The van der Waals surface area contributed by atoms with E-state index in [9.17, 15) is 31.2 Å². The second-order valence-corrected chi connectivity index (χ2v) is 10.1. The molecular weight excluding hydrogens is 441 g/mol. The molecule has 160 valence electrons. The lowest BCUT2D eigenvalue weighted by Crippen LogP contribution is -2.25. The summed E-state index contributed by atoms with van der Waals surface area (Å²) in [4.78, 5) is 24.4. The van der Waals surface area contributed by atoms with Gasteiger partial charge in [-0.3, -0.25) is 9.59 Å². The van der Waals surface area contributed by atoms with Crippen molar-refractivity contribution in [2.45, 2.75) is 34.6 Å². The Morgan fingerprint density at radius 3 is 2.67 bits per heavy atom. The van der Waals surface area contributed by atoms with Gasteiger partial charge in [0.05, 0.1) is 27.1 Å². The first-order valence-electron chi connectivity index (χ1n) is 8.74. The van der Waals surface area contributed by atoms with Gasteiger partial charge in [0.25, 0.3) is 0 Å². The fourth-order valence-corrected chi connectivity index (χ4v) is 4.99. The Balaban J connectivity index is 1.72. The third-order valence-electron chi connectivity index (χ3n) is 4.39. The predicted octanol–water partition coefficient (Wildman–Crippen LogP) is 3.94. The molecule has 0 saturated heterocycles. The van der Waals surface area contributed by atoms with Gasteiger partial charge in [-0.25, -0.2) is 8.42 Å². The van der Waals surface area contributed by atoms with Crippen LogP contribution in [0.3, 0.4) is 0 Å². The Hall–Kier alpha value is -2.53. The van der Waals surface area contributed by atoms with E-state index in [0.29, 0.717) is 5.69 Å². The van der Waals surface area contributed by atoms with Gasteiger partial charge in [-0.05, 0) is 43.3 Å². The molecule has 2 N–H and O–H groups in total. The maximum Gasteiger partial charge on any atom is 0.416 e. The highest BCUT2D eigenvalue weighted by molar-refractivity contribution is 8.00. The first kappa shape index (κ1) is 22.2. The molecule has 0 aromatic heterocycles. The van der Waals surface area contributed by atoms with Crippen LogP contribution in [0.15, 0.2) is 52.3 Å². The summed E-state index contributed by atoms with van der Waals surface area (Å²) in [5.74, 6) is -0.728. The number of benzene rings is 2. The van der Waals surface area contributed by atoms with E-state index in [4.69, 9.17) is 0 Å². The molecule has 1 heterocycles.